The highest BCUT2D eigenvalue weighted by atomic mass is 16.3. The second kappa shape index (κ2) is 40.9. The van der Waals surface area contributed by atoms with Gasteiger partial charge in [0.15, 0.2) is 0 Å². The van der Waals surface area contributed by atoms with Gasteiger partial charge in [-0.15, -0.1) is 0 Å². The molecule has 5 aliphatic carbocycles. The molecular weight excluding hydrogens is 1470 g/mol. The number of nitrogens with zero attached hydrogens (tertiary/aromatic N) is 10. The third kappa shape index (κ3) is 31.9. The number of anilines is 10. The summed E-state index contributed by atoms with van der Waals surface area (Å²) in [5.74, 6) is -9.97. The van der Waals surface area contributed by atoms with Gasteiger partial charge in [-0.2, -0.15) is 24.9 Å². The molecule has 5 aliphatic rings. The molecule has 0 saturated heterocycles. The van der Waals surface area contributed by atoms with E-state index >= 15 is 0 Å². The van der Waals surface area contributed by atoms with Gasteiger partial charge in [0.25, 0.3) is 29.5 Å². The van der Waals surface area contributed by atoms with E-state index in [1.165, 1.54) is 31.0 Å². The number of carbonyl (C=O) groups excluding carboxylic acids is 5. The molecule has 25 N–H and O–H groups in total. The number of amides is 5. The Labute approximate surface area is 709 Å². The van der Waals surface area contributed by atoms with Crippen LogP contribution in [0.15, 0.2) is 31.0 Å². The molecule has 0 spiro atoms. The Morgan fingerprint density at radius 1 is 0.330 bits per heavy atom. The van der Waals surface area contributed by atoms with E-state index in [1.807, 2.05) is 104 Å². The van der Waals surface area contributed by atoms with Crippen molar-refractivity contribution in [3.8, 4) is 0 Å². The average Bonchev–Trinajstić information content (AvgIpc) is 0.716. The van der Waals surface area contributed by atoms with Crippen LogP contribution >= 0.6 is 0 Å². The van der Waals surface area contributed by atoms with Crippen LogP contribution in [-0.4, -0.2) is 193 Å². The second-order valence-corrected chi connectivity index (χ2v) is 33.9. The van der Waals surface area contributed by atoms with Gasteiger partial charge in [0.05, 0.1) is 63.8 Å². The molecule has 10 rings (SSSR count). The summed E-state index contributed by atoms with van der Waals surface area (Å²) in [5, 5.41) is 81.7. The number of nitrogens with two attached hydrogens (primary N) is 5. The molecule has 0 aromatic carbocycles. The molecule has 15 atom stereocenters. The lowest BCUT2D eigenvalue weighted by molar-refractivity contribution is 0.0737. The Hall–Kier alpha value is -9.45. The first-order valence-electron chi connectivity index (χ1n) is 48.8. The predicted octanol–water partition coefficient (Wildman–Crippen LogP) is 8.74. The summed E-state index contributed by atoms with van der Waals surface area (Å²) >= 11 is 0. The van der Waals surface area contributed by atoms with Crippen molar-refractivity contribution in [2.45, 2.75) is 323 Å². The van der Waals surface area contributed by atoms with Gasteiger partial charge < -0.3 is 107 Å². The summed E-state index contributed by atoms with van der Waals surface area (Å²) in [5.41, 5.74) is 25.5. The fraction of sp³-hybridized carbons (Fsp3) is 0.688. The number of rotatable bonds is 20. The van der Waals surface area contributed by atoms with Crippen molar-refractivity contribution in [3.05, 3.63) is 58.8 Å². The number of aliphatic hydroxyl groups excluding tert-OH is 3. The third-order valence-corrected chi connectivity index (χ3v) is 17.4. The summed E-state index contributed by atoms with van der Waals surface area (Å²) in [4.78, 5) is 100. The lowest BCUT2D eigenvalue weighted by Crippen LogP contribution is -2.36. The zero-order valence-corrected chi connectivity index (χ0v) is 68.2. The fourth-order valence-corrected chi connectivity index (χ4v) is 11.7. The molecule has 5 saturated carbocycles. The minimum Gasteiger partial charge on any atom is -0.393 e. The highest BCUT2D eigenvalue weighted by molar-refractivity contribution is 6.00. The molecule has 35 nitrogen and oxygen atoms in total. The van der Waals surface area contributed by atoms with E-state index in [0.717, 1.165) is 0 Å². The quantitative estimate of drug-likeness (QED) is 0.0346. The van der Waals surface area contributed by atoms with E-state index in [-0.39, 0.29) is 192 Å². The number of carbonyl (C=O) groups is 5. The van der Waals surface area contributed by atoms with Crippen LogP contribution in [0.3, 0.4) is 0 Å². The van der Waals surface area contributed by atoms with Crippen LogP contribution in [0, 0.1) is 29.5 Å². The Kier molecular flexibility index (Phi) is 23.4. The average molecular weight is 1630 g/mol. The molecule has 15 unspecified atom stereocenters. The van der Waals surface area contributed by atoms with Crippen molar-refractivity contribution in [1.82, 2.24) is 49.8 Å². The van der Waals surface area contributed by atoms with Gasteiger partial charge in [0.1, 0.15) is 29.1 Å². The minimum absolute atomic E-state index is 0.00752. The molecule has 5 fully saturated rings. The number of hydrogen-bond acceptors (Lipinski definition) is 30. The smallest absolute Gasteiger partial charge is 0.254 e. The molecular formula is C80H135N25O10. The van der Waals surface area contributed by atoms with Crippen LogP contribution in [0.1, 0.15) is 316 Å². The topological polar surface area (TPSA) is 566 Å². The van der Waals surface area contributed by atoms with Gasteiger partial charge in [-0.3, -0.25) is 24.0 Å². The van der Waals surface area contributed by atoms with Gasteiger partial charge in [-0.25, -0.2) is 24.9 Å². The van der Waals surface area contributed by atoms with Crippen LogP contribution < -0.4 is 81.8 Å². The van der Waals surface area contributed by atoms with Crippen LogP contribution in [0.4, 0.5) is 58.8 Å². The number of nitrogens with one attached hydrogen (secondary N) is 10. The Morgan fingerprint density at radius 2 is 0.591 bits per heavy atom. The van der Waals surface area contributed by atoms with Gasteiger partial charge in [-0.05, 0) is 230 Å². The number of aromatic nitrogens is 10. The molecule has 640 valence electrons. The first-order chi connectivity index (χ1) is 61.7. The highest BCUT2D eigenvalue weighted by Crippen LogP contribution is 2.34. The van der Waals surface area contributed by atoms with Crippen molar-refractivity contribution in [1.29, 1.82) is 0 Å². The van der Waals surface area contributed by atoms with Gasteiger partial charge in [0.2, 0.25) is 29.7 Å². The summed E-state index contributed by atoms with van der Waals surface area (Å²) in [7, 11) is 0. The number of primary amides is 5. The van der Waals surface area contributed by atoms with Crippen molar-refractivity contribution in [3.63, 3.8) is 0 Å². The monoisotopic (exact) mass is 1630 g/mol. The highest BCUT2D eigenvalue weighted by Gasteiger charge is 2.34. The maximum absolute atomic E-state index is 11.7. The van der Waals surface area contributed by atoms with Crippen molar-refractivity contribution in [2.75, 3.05) is 53.2 Å². The zero-order valence-electron chi connectivity index (χ0n) is 90.2. The normalized spacial score (nSPS) is 32.8. The zero-order chi connectivity index (χ0) is 105. The van der Waals surface area contributed by atoms with Gasteiger partial charge in [0, 0.05) is 114 Å². The van der Waals surface area contributed by atoms with Crippen LogP contribution in [-0.2, 0) is 0 Å². The molecule has 35 heteroatoms. The Balaban J connectivity index is 0.000000263. The van der Waals surface area contributed by atoms with E-state index < -0.39 is 148 Å². The van der Waals surface area contributed by atoms with E-state index in [0.29, 0.717) is 24.7 Å². The summed E-state index contributed by atoms with van der Waals surface area (Å²) in [6.07, 6.45) is -2.08. The number of hydrogen-bond donors (Lipinski definition) is 20. The first-order valence-corrected chi connectivity index (χ1v) is 37.8. The first kappa shape index (κ1) is 65.7. The maximum Gasteiger partial charge on any atom is 0.254 e. The third-order valence-electron chi connectivity index (χ3n) is 17.4. The van der Waals surface area contributed by atoms with Crippen LogP contribution in [0.2, 0.25) is 0 Å². The summed E-state index contributed by atoms with van der Waals surface area (Å²) in [6.45, 7) is 16.1. The number of aliphatic hydroxyl groups is 5. The molecule has 0 aliphatic heterocycles. The van der Waals surface area contributed by atoms with Gasteiger partial charge in [-0.1, -0.05) is 34.3 Å². The van der Waals surface area contributed by atoms with Crippen molar-refractivity contribution >= 4 is 88.4 Å². The minimum atomic E-state index is -2.80. The molecule has 0 radical (unpaired) electrons. The fourth-order valence-electron chi connectivity index (χ4n) is 11.7. The molecule has 0 bridgehead atoms. The van der Waals surface area contributed by atoms with E-state index in [2.05, 4.69) is 103 Å². The lowest BCUT2D eigenvalue weighted by atomic mass is 9.85. The summed E-state index contributed by atoms with van der Waals surface area (Å²) < 4.78 is 170. The van der Waals surface area contributed by atoms with E-state index in [9.17, 15) is 49.5 Å². The molecule has 115 heavy (non-hydrogen) atoms. The SMILES string of the molecule is [2H]C([2H])([2H])C1([2H])CCC(Nc2nc(NC(C)(C)C)ncc2C(N)=O)CC1([2H])O.[2H]C([2H])([2H])C1([2H])CCC(Nc2nc(NC(C)(C)C)ncc2C(N)=O)CC1O.[2H]C([2H])([2H])C1CCC(Nc2nc(NC(C)(C)C)ncc2C(N)=O)CC1([2H])O.[2H]C1(Nc2nc(NC(C)(C)C)ncc2C(N)=O)CCC(C([2H])([2H])[2H])C(O)C1.[2H]C1(Nc2nc(NC(C)(C)C)ncc2C(N)=O)CCC([2H])(C([2H])([2H])[2H])C(O)C1. The van der Waals surface area contributed by atoms with E-state index in [4.69, 9.17) is 58.8 Å². The Bertz CT molecular complexity index is 5040. The predicted molar refractivity (Wildman–Crippen MR) is 452 cm³/mol. The summed E-state index contributed by atoms with van der Waals surface area (Å²) in [6, 6.07) is -4.25. The standard InChI is InChI=1S/5C16H27N5O2/c5*1-9-5-6-10(7-12(9)22)19-14-11(13(17)23)8-18-15(20-14)21-16(2,3)4/h5*8-10,12,22H,5-7H2,1-4H3,(H2,17,23)(H2,18,19,20,21)/i1D3,9D,12D;1D3,9D,10D;1D3,12D;1D3,10D;1D3,9D. The van der Waals surface area contributed by atoms with E-state index in [1.54, 1.807) is 0 Å². The molecule has 5 aromatic heterocycles. The largest absolute Gasteiger partial charge is 0.393 e. The molecule has 5 amide bonds. The Morgan fingerprint density at radius 3 is 0.861 bits per heavy atom. The molecule has 5 aromatic rings. The second-order valence-electron chi connectivity index (χ2n) is 33.9. The van der Waals surface area contributed by atoms with Crippen LogP contribution in [0.25, 0.3) is 0 Å². The van der Waals surface area contributed by atoms with Crippen molar-refractivity contribution in [2.24, 2.45) is 58.2 Å². The van der Waals surface area contributed by atoms with Crippen LogP contribution in [0.5, 0.6) is 0 Å². The lowest BCUT2D eigenvalue weighted by Gasteiger charge is -2.32. The molecule has 5 heterocycles. The van der Waals surface area contributed by atoms with Gasteiger partial charge >= 0.3 is 0 Å². The van der Waals surface area contributed by atoms with Crippen molar-refractivity contribution < 1.29 is 79.7 Å². The maximum atomic E-state index is 11.7.